The molecular formula is C10H12FNOS. The fourth-order valence-electron chi connectivity index (χ4n) is 0.745. The van der Waals surface area contributed by atoms with Crippen LogP contribution in [0.4, 0.5) is 4.39 Å². The van der Waals surface area contributed by atoms with Crippen LogP contribution in [-0.4, -0.2) is 11.8 Å². The number of carbonyl (C=O) groups excluding carboxylic acids is 1. The maximum atomic E-state index is 12.8. The summed E-state index contributed by atoms with van der Waals surface area (Å²) in [4.78, 5) is 11.3. The smallest absolute Gasteiger partial charge is 0.140 e. The highest BCUT2D eigenvalue weighted by molar-refractivity contribution is 7.97. The van der Waals surface area contributed by atoms with E-state index in [4.69, 9.17) is 0 Å². The highest BCUT2D eigenvalue weighted by Crippen LogP contribution is 2.18. The van der Waals surface area contributed by atoms with E-state index in [1.807, 2.05) is 0 Å². The molecule has 0 aliphatic rings. The van der Waals surface area contributed by atoms with E-state index >= 15 is 0 Å². The Labute approximate surface area is 87.0 Å². The molecule has 0 aromatic heterocycles. The van der Waals surface area contributed by atoms with Gasteiger partial charge in [0.25, 0.3) is 0 Å². The van der Waals surface area contributed by atoms with Gasteiger partial charge in [-0.1, -0.05) is 6.07 Å². The summed E-state index contributed by atoms with van der Waals surface area (Å²) in [6, 6.07) is 6.21. The minimum Gasteiger partial charge on any atom is -0.301 e. The van der Waals surface area contributed by atoms with Gasteiger partial charge in [0.1, 0.15) is 12.1 Å². The van der Waals surface area contributed by atoms with Crippen molar-refractivity contribution < 1.29 is 9.18 Å². The zero-order valence-corrected chi connectivity index (χ0v) is 8.90. The predicted octanol–water partition coefficient (Wildman–Crippen LogP) is 2.40. The minimum atomic E-state index is -0.600. The third-order valence-corrected chi connectivity index (χ3v) is 2.64. The van der Waals surface area contributed by atoms with Crippen molar-refractivity contribution in [2.45, 2.75) is 24.3 Å². The maximum absolute atomic E-state index is 12.8. The first-order valence-electron chi connectivity index (χ1n) is 4.19. The maximum Gasteiger partial charge on any atom is 0.140 e. The van der Waals surface area contributed by atoms with E-state index in [1.165, 1.54) is 24.1 Å². The normalized spacial score (nSPS) is 11.4. The molecule has 1 rings (SSSR count). The first-order chi connectivity index (χ1) is 6.53. The van der Waals surface area contributed by atoms with Gasteiger partial charge in [0.05, 0.1) is 5.54 Å². The molecule has 14 heavy (non-hydrogen) atoms. The second-order valence-corrected chi connectivity index (χ2v) is 4.38. The van der Waals surface area contributed by atoms with Gasteiger partial charge < -0.3 is 4.79 Å². The Kier molecular flexibility index (Phi) is 3.66. The average molecular weight is 213 g/mol. The van der Waals surface area contributed by atoms with Gasteiger partial charge in [0.15, 0.2) is 0 Å². The van der Waals surface area contributed by atoms with Crippen LogP contribution in [0.2, 0.25) is 0 Å². The molecule has 0 saturated carbocycles. The van der Waals surface area contributed by atoms with Crippen LogP contribution in [0.5, 0.6) is 0 Å². The van der Waals surface area contributed by atoms with Gasteiger partial charge >= 0.3 is 0 Å². The summed E-state index contributed by atoms with van der Waals surface area (Å²) in [6.45, 7) is 3.51. The van der Waals surface area contributed by atoms with Crippen molar-refractivity contribution >= 4 is 18.2 Å². The Morgan fingerprint density at radius 2 is 2.21 bits per heavy atom. The number of rotatable bonds is 4. The summed E-state index contributed by atoms with van der Waals surface area (Å²) >= 11 is 1.24. The fraction of sp³-hybridized carbons (Fsp3) is 0.300. The first kappa shape index (κ1) is 11.2. The zero-order chi connectivity index (χ0) is 10.6. The standard InChI is InChI=1S/C10H12FNOS/c1-10(2,7-13)12-14-9-5-3-4-8(11)6-9/h3-7,12H,1-2H3. The van der Waals surface area contributed by atoms with Gasteiger partial charge in [-0.15, -0.1) is 0 Å². The van der Waals surface area contributed by atoms with Gasteiger partial charge in [-0.25, -0.2) is 9.11 Å². The van der Waals surface area contributed by atoms with Crippen LogP contribution in [-0.2, 0) is 4.79 Å². The third-order valence-electron chi connectivity index (χ3n) is 1.52. The van der Waals surface area contributed by atoms with Crippen molar-refractivity contribution in [1.82, 2.24) is 4.72 Å². The molecule has 0 fully saturated rings. The Morgan fingerprint density at radius 1 is 1.50 bits per heavy atom. The molecule has 1 aromatic rings. The van der Waals surface area contributed by atoms with Gasteiger partial charge in [-0.2, -0.15) is 0 Å². The van der Waals surface area contributed by atoms with E-state index in [9.17, 15) is 9.18 Å². The molecule has 0 amide bonds. The van der Waals surface area contributed by atoms with Crippen molar-refractivity contribution in [3.05, 3.63) is 30.1 Å². The van der Waals surface area contributed by atoms with E-state index in [1.54, 1.807) is 26.0 Å². The molecule has 0 spiro atoms. The van der Waals surface area contributed by atoms with E-state index in [0.717, 1.165) is 11.2 Å². The molecule has 4 heteroatoms. The van der Waals surface area contributed by atoms with Crippen molar-refractivity contribution in [2.75, 3.05) is 0 Å². The zero-order valence-electron chi connectivity index (χ0n) is 8.08. The average Bonchev–Trinajstić information content (AvgIpc) is 2.15. The number of aldehydes is 1. The summed E-state index contributed by atoms with van der Waals surface area (Å²) in [7, 11) is 0. The Hall–Kier alpha value is -0.870. The number of benzene rings is 1. The molecule has 0 bridgehead atoms. The Morgan fingerprint density at radius 3 is 2.79 bits per heavy atom. The lowest BCUT2D eigenvalue weighted by atomic mass is 10.1. The van der Waals surface area contributed by atoms with Crippen LogP contribution in [0.1, 0.15) is 13.8 Å². The summed E-state index contributed by atoms with van der Waals surface area (Å²) in [5, 5.41) is 0. The van der Waals surface area contributed by atoms with E-state index < -0.39 is 5.54 Å². The van der Waals surface area contributed by atoms with Gasteiger partial charge in [0, 0.05) is 4.90 Å². The molecule has 1 aromatic carbocycles. The summed E-state index contributed by atoms with van der Waals surface area (Å²) < 4.78 is 15.7. The van der Waals surface area contributed by atoms with Crippen molar-refractivity contribution in [1.29, 1.82) is 0 Å². The Bertz CT molecular complexity index is 328. The minimum absolute atomic E-state index is 0.277. The summed E-state index contributed by atoms with van der Waals surface area (Å²) in [5.41, 5.74) is -0.600. The van der Waals surface area contributed by atoms with Crippen molar-refractivity contribution in [3.8, 4) is 0 Å². The first-order valence-corrected chi connectivity index (χ1v) is 5.01. The number of hydrogen-bond acceptors (Lipinski definition) is 3. The second-order valence-electron chi connectivity index (χ2n) is 3.50. The molecule has 76 valence electrons. The molecule has 1 N–H and O–H groups in total. The molecule has 0 saturated heterocycles. The predicted molar refractivity (Wildman–Crippen MR) is 55.5 cm³/mol. The van der Waals surface area contributed by atoms with E-state index in [2.05, 4.69) is 4.72 Å². The topological polar surface area (TPSA) is 29.1 Å². The highest BCUT2D eigenvalue weighted by atomic mass is 32.2. The van der Waals surface area contributed by atoms with Crippen molar-refractivity contribution in [2.24, 2.45) is 0 Å². The van der Waals surface area contributed by atoms with Gasteiger partial charge in [-0.05, 0) is 44.0 Å². The molecule has 0 aliphatic heterocycles. The second kappa shape index (κ2) is 4.57. The largest absolute Gasteiger partial charge is 0.301 e. The lowest BCUT2D eigenvalue weighted by Crippen LogP contribution is -2.35. The van der Waals surface area contributed by atoms with Gasteiger partial charge in [0.2, 0.25) is 0 Å². The summed E-state index contributed by atoms with van der Waals surface area (Å²) in [6.07, 6.45) is 0.819. The van der Waals surface area contributed by atoms with Crippen LogP contribution in [0.15, 0.2) is 29.2 Å². The molecule has 2 nitrogen and oxygen atoms in total. The molecule has 0 heterocycles. The fourth-order valence-corrected chi connectivity index (χ4v) is 1.49. The molecular weight excluding hydrogens is 201 g/mol. The van der Waals surface area contributed by atoms with Crippen LogP contribution in [0.3, 0.4) is 0 Å². The Balaban J connectivity index is 2.58. The summed E-state index contributed by atoms with van der Waals surface area (Å²) in [5.74, 6) is -0.277. The number of carbonyl (C=O) groups is 1. The molecule has 0 radical (unpaired) electrons. The highest BCUT2D eigenvalue weighted by Gasteiger charge is 2.15. The van der Waals surface area contributed by atoms with E-state index in [0.29, 0.717) is 0 Å². The van der Waals surface area contributed by atoms with Gasteiger partial charge in [-0.3, -0.25) is 0 Å². The van der Waals surface area contributed by atoms with Crippen LogP contribution < -0.4 is 4.72 Å². The lowest BCUT2D eigenvalue weighted by Gasteiger charge is -2.17. The molecule has 0 atom stereocenters. The third kappa shape index (κ3) is 3.47. The molecule has 0 aliphatic carbocycles. The molecule has 0 unspecified atom stereocenters. The monoisotopic (exact) mass is 213 g/mol. The SMILES string of the molecule is CC(C)(C=O)NSc1cccc(F)c1. The van der Waals surface area contributed by atoms with E-state index in [-0.39, 0.29) is 5.82 Å². The number of nitrogens with one attached hydrogen (secondary N) is 1. The van der Waals surface area contributed by atoms with Crippen LogP contribution >= 0.6 is 11.9 Å². The lowest BCUT2D eigenvalue weighted by molar-refractivity contribution is -0.111. The number of halogens is 1. The number of hydrogen-bond donors (Lipinski definition) is 1. The van der Waals surface area contributed by atoms with Crippen LogP contribution in [0.25, 0.3) is 0 Å². The van der Waals surface area contributed by atoms with Crippen LogP contribution in [0, 0.1) is 5.82 Å². The van der Waals surface area contributed by atoms with Crippen molar-refractivity contribution in [3.63, 3.8) is 0 Å². The quantitative estimate of drug-likeness (QED) is 0.615.